The summed E-state index contributed by atoms with van der Waals surface area (Å²) in [6.45, 7) is 0. The Morgan fingerprint density at radius 1 is 1.38 bits per heavy atom. The number of hydrogen-bond donors (Lipinski definition) is 0. The first-order valence-electron chi connectivity index (χ1n) is 2.53. The number of benzene rings is 1. The lowest BCUT2D eigenvalue weighted by atomic mass is 10.0. The van der Waals surface area contributed by atoms with E-state index in [4.69, 9.17) is 6.42 Å². The van der Waals surface area contributed by atoms with Crippen molar-refractivity contribution in [3.8, 4) is 12.3 Å². The summed E-state index contributed by atoms with van der Waals surface area (Å²) in [4.78, 5) is 0. The Bertz CT molecular complexity index is 353. The van der Waals surface area contributed by atoms with Crippen LogP contribution in [0.15, 0.2) is 18.2 Å². The summed E-state index contributed by atoms with van der Waals surface area (Å²) < 4.78 is 0. The van der Waals surface area contributed by atoms with Gasteiger partial charge in [0.05, 0.1) is 0 Å². The van der Waals surface area contributed by atoms with Crippen molar-refractivity contribution in [2.24, 2.45) is 0 Å². The van der Waals surface area contributed by atoms with E-state index in [9.17, 15) is 0 Å². The lowest BCUT2D eigenvalue weighted by Gasteiger charge is -2.03. The van der Waals surface area contributed by atoms with Gasteiger partial charge in [0.15, 0.2) is 0 Å². The fourth-order valence-corrected chi connectivity index (χ4v) is 0.909. The zero-order valence-corrected chi connectivity index (χ0v) is 4.31. The Labute approximate surface area is 47.5 Å². The summed E-state index contributed by atoms with van der Waals surface area (Å²) in [5, 5.41) is 2.59. The Morgan fingerprint density at radius 2 is 2.25 bits per heavy atom. The molecule has 0 spiro atoms. The Morgan fingerprint density at radius 3 is 2.38 bits per heavy atom. The monoisotopic (exact) mass is 100 g/mol. The van der Waals surface area contributed by atoms with Gasteiger partial charge in [0, 0.05) is 5.56 Å². The van der Waals surface area contributed by atoms with Crippen molar-refractivity contribution in [3.63, 3.8) is 0 Å². The maximum atomic E-state index is 5.13. The lowest BCUT2D eigenvalue weighted by Crippen LogP contribution is -1.90. The Kier molecular flexibility index (Phi) is 0.445. The van der Waals surface area contributed by atoms with Gasteiger partial charge in [-0.05, 0) is 16.5 Å². The van der Waals surface area contributed by atoms with Gasteiger partial charge >= 0.3 is 0 Å². The first-order chi connectivity index (χ1) is 3.92. The zero-order valence-electron chi connectivity index (χ0n) is 4.31. The third kappa shape index (κ3) is 0.216. The van der Waals surface area contributed by atoms with Crippen LogP contribution in [-0.4, -0.2) is 0 Å². The van der Waals surface area contributed by atoms with E-state index in [1.807, 2.05) is 12.1 Å². The summed E-state index contributed by atoms with van der Waals surface area (Å²) in [5.41, 5.74) is 1.06. The van der Waals surface area contributed by atoms with Crippen molar-refractivity contribution >= 4 is 0 Å². The molecule has 2 aliphatic carbocycles. The molecule has 0 aromatic heterocycles. The summed E-state index contributed by atoms with van der Waals surface area (Å²) in [6.07, 6.45) is 5.13. The third-order valence-electron chi connectivity index (χ3n) is 1.49. The first kappa shape index (κ1) is 3.74. The van der Waals surface area contributed by atoms with Crippen molar-refractivity contribution in [2.75, 3.05) is 0 Å². The molecule has 0 aliphatic heterocycles. The highest BCUT2D eigenvalue weighted by Crippen LogP contribution is 2.13. The second-order valence-electron chi connectivity index (χ2n) is 1.90. The largest absolute Gasteiger partial charge is 0.115 e. The van der Waals surface area contributed by atoms with E-state index in [-0.39, 0.29) is 0 Å². The van der Waals surface area contributed by atoms with Gasteiger partial charge in [-0.2, -0.15) is 0 Å². The quantitative estimate of drug-likeness (QED) is 0.437. The molecular weight excluding hydrogens is 96.1 g/mol. The van der Waals surface area contributed by atoms with E-state index in [0.29, 0.717) is 0 Å². The van der Waals surface area contributed by atoms with Gasteiger partial charge in [0.2, 0.25) is 0 Å². The van der Waals surface area contributed by atoms with E-state index in [2.05, 4.69) is 12.0 Å². The van der Waals surface area contributed by atoms with Crippen LogP contribution in [0, 0.1) is 22.8 Å². The normalized spacial score (nSPS) is 10.4. The van der Waals surface area contributed by atoms with Crippen LogP contribution in [0.1, 0.15) is 5.56 Å². The van der Waals surface area contributed by atoms with Gasteiger partial charge in [-0.1, -0.05) is 18.1 Å². The van der Waals surface area contributed by atoms with Gasteiger partial charge in [-0.25, -0.2) is 0 Å². The lowest BCUT2D eigenvalue weighted by molar-refractivity contribution is 1.35. The summed E-state index contributed by atoms with van der Waals surface area (Å²) in [6, 6.07) is 6.13. The molecule has 36 valence electrons. The van der Waals surface area contributed by atoms with Crippen LogP contribution < -0.4 is 0 Å². The van der Waals surface area contributed by atoms with Crippen molar-refractivity contribution in [3.05, 3.63) is 34.2 Å². The van der Waals surface area contributed by atoms with Crippen LogP contribution in [-0.2, 0) is 0 Å². The van der Waals surface area contributed by atoms with Gasteiger partial charge in [0.25, 0.3) is 0 Å². The maximum Gasteiger partial charge on any atom is 0.0327 e. The SMILES string of the molecule is C#Cc1cc2ccc1=2. The van der Waals surface area contributed by atoms with Crippen LogP contribution in [0.4, 0.5) is 0 Å². The molecule has 8 heavy (non-hydrogen) atoms. The zero-order chi connectivity index (χ0) is 5.56. The van der Waals surface area contributed by atoms with Gasteiger partial charge in [-0.15, -0.1) is 6.42 Å². The average molecular weight is 100 g/mol. The van der Waals surface area contributed by atoms with E-state index < -0.39 is 0 Å². The van der Waals surface area contributed by atoms with Crippen molar-refractivity contribution in [1.29, 1.82) is 0 Å². The Hall–Kier alpha value is -1.22. The van der Waals surface area contributed by atoms with Crippen LogP contribution >= 0.6 is 0 Å². The first-order valence-corrected chi connectivity index (χ1v) is 2.53. The second kappa shape index (κ2) is 0.952. The van der Waals surface area contributed by atoms with Crippen molar-refractivity contribution in [1.82, 2.24) is 0 Å². The van der Waals surface area contributed by atoms with Crippen molar-refractivity contribution in [2.45, 2.75) is 0 Å². The molecule has 0 heterocycles. The molecule has 0 saturated heterocycles. The minimum atomic E-state index is 1.06. The second-order valence-corrected chi connectivity index (χ2v) is 1.90. The van der Waals surface area contributed by atoms with Gasteiger partial charge in [-0.3, -0.25) is 0 Å². The molecule has 0 atom stereocenters. The Balaban J connectivity index is 2.85. The molecule has 0 radical (unpaired) electrons. The minimum Gasteiger partial charge on any atom is -0.115 e. The standard InChI is InChI=1S/C8H4/c1-2-6-5-7-3-4-8(6)7/h1,3-5H. The predicted molar refractivity (Wildman–Crippen MR) is 32.0 cm³/mol. The van der Waals surface area contributed by atoms with E-state index in [0.717, 1.165) is 5.56 Å². The number of hydrogen-bond acceptors (Lipinski definition) is 0. The molecule has 0 saturated carbocycles. The minimum absolute atomic E-state index is 1.06. The molecule has 0 bridgehead atoms. The highest BCUT2D eigenvalue weighted by molar-refractivity contribution is 5.43. The molecule has 0 aromatic rings. The molecule has 0 aromatic carbocycles. The molecule has 0 N–H and O–H groups in total. The average Bonchev–Trinajstić information content (AvgIpc) is 1.76. The molecule has 0 heteroatoms. The van der Waals surface area contributed by atoms with Gasteiger partial charge < -0.3 is 0 Å². The molecule has 0 fully saturated rings. The highest BCUT2D eigenvalue weighted by Gasteiger charge is 2.00. The predicted octanol–water partition coefficient (Wildman–Crippen LogP) is 1.27. The fraction of sp³-hybridized carbons (Fsp3) is 0. The third-order valence-corrected chi connectivity index (χ3v) is 1.49. The van der Waals surface area contributed by atoms with E-state index >= 15 is 0 Å². The van der Waals surface area contributed by atoms with E-state index in [1.165, 1.54) is 10.4 Å². The summed E-state index contributed by atoms with van der Waals surface area (Å²) in [7, 11) is 0. The van der Waals surface area contributed by atoms with Crippen LogP contribution in [0.2, 0.25) is 0 Å². The van der Waals surface area contributed by atoms with Gasteiger partial charge in [0.1, 0.15) is 0 Å². The summed E-state index contributed by atoms with van der Waals surface area (Å²) >= 11 is 0. The molecule has 0 amide bonds. The molecule has 0 nitrogen and oxygen atoms in total. The molecule has 0 unspecified atom stereocenters. The molecule has 2 rings (SSSR count). The number of terminal acetylenes is 1. The highest BCUT2D eigenvalue weighted by atomic mass is 14.0. The van der Waals surface area contributed by atoms with Crippen LogP contribution in [0.25, 0.3) is 0 Å². The topological polar surface area (TPSA) is 0 Å². The summed E-state index contributed by atoms with van der Waals surface area (Å²) in [5.74, 6) is 2.58. The molecular formula is C8H4. The number of rotatable bonds is 0. The van der Waals surface area contributed by atoms with Crippen LogP contribution in [0.3, 0.4) is 0 Å². The van der Waals surface area contributed by atoms with Crippen LogP contribution in [0.5, 0.6) is 0 Å². The molecule has 2 aliphatic rings. The smallest absolute Gasteiger partial charge is 0.0327 e. The van der Waals surface area contributed by atoms with Crippen molar-refractivity contribution < 1.29 is 0 Å². The maximum absolute atomic E-state index is 5.13. The fourth-order valence-electron chi connectivity index (χ4n) is 0.909. The van der Waals surface area contributed by atoms with E-state index in [1.54, 1.807) is 0 Å².